The molecule has 0 aromatic carbocycles. The second-order valence-corrected chi connectivity index (χ2v) is 7.28. The molecule has 6 heteroatoms. The van der Waals surface area contributed by atoms with Crippen molar-refractivity contribution in [2.24, 2.45) is 0 Å². The van der Waals surface area contributed by atoms with Crippen LogP contribution in [0, 0.1) is 0 Å². The Hall–Kier alpha value is -1.92. The fourth-order valence-corrected chi connectivity index (χ4v) is 4.48. The normalized spacial score (nSPS) is 17.0. The molecule has 0 fully saturated rings. The first kappa shape index (κ1) is 14.7. The summed E-state index contributed by atoms with van der Waals surface area (Å²) in [5.74, 6) is 1.03. The molecule has 1 unspecified atom stereocenters. The predicted octanol–water partition coefficient (Wildman–Crippen LogP) is 4.20. The Balaban J connectivity index is 1.41. The van der Waals surface area contributed by atoms with Crippen molar-refractivity contribution in [3.05, 3.63) is 51.6 Å². The number of furan rings is 1. The van der Waals surface area contributed by atoms with E-state index in [1.165, 1.54) is 0 Å². The van der Waals surface area contributed by atoms with Crippen LogP contribution < -0.4 is 5.32 Å². The Bertz CT molecular complexity index is 804. The van der Waals surface area contributed by atoms with Gasteiger partial charge in [0, 0.05) is 28.3 Å². The Morgan fingerprint density at radius 2 is 2.35 bits per heavy atom. The van der Waals surface area contributed by atoms with Crippen molar-refractivity contribution in [3.63, 3.8) is 0 Å². The number of thiazole rings is 1. The number of amides is 1. The zero-order chi connectivity index (χ0) is 15.6. The minimum absolute atomic E-state index is 0.0196. The minimum Gasteiger partial charge on any atom is -0.469 e. The molecule has 1 aliphatic carbocycles. The van der Waals surface area contributed by atoms with Crippen molar-refractivity contribution in [3.8, 4) is 10.6 Å². The Morgan fingerprint density at radius 1 is 1.39 bits per heavy atom. The first-order valence-electron chi connectivity index (χ1n) is 7.62. The first-order valence-corrected chi connectivity index (χ1v) is 9.44. The smallest absolute Gasteiger partial charge is 0.226 e. The van der Waals surface area contributed by atoms with E-state index in [-0.39, 0.29) is 11.9 Å². The molecule has 4 rings (SSSR count). The van der Waals surface area contributed by atoms with Crippen LogP contribution >= 0.6 is 22.7 Å². The van der Waals surface area contributed by atoms with Gasteiger partial charge in [-0.05, 0) is 30.4 Å². The Morgan fingerprint density at radius 3 is 3.22 bits per heavy atom. The monoisotopic (exact) mass is 344 g/mol. The number of nitrogens with zero attached hydrogens (tertiary/aromatic N) is 1. The second kappa shape index (κ2) is 6.29. The maximum atomic E-state index is 12.3. The van der Waals surface area contributed by atoms with E-state index in [0.29, 0.717) is 6.42 Å². The van der Waals surface area contributed by atoms with Crippen LogP contribution in [0.2, 0.25) is 0 Å². The van der Waals surface area contributed by atoms with E-state index in [4.69, 9.17) is 4.42 Å². The molecule has 0 radical (unpaired) electrons. The molecule has 0 saturated carbocycles. The van der Waals surface area contributed by atoms with Gasteiger partial charge in [0.25, 0.3) is 0 Å². The summed E-state index contributed by atoms with van der Waals surface area (Å²) < 4.78 is 5.47. The molecule has 0 bridgehead atoms. The third kappa shape index (κ3) is 3.09. The van der Waals surface area contributed by atoms with Gasteiger partial charge in [-0.3, -0.25) is 4.79 Å². The second-order valence-electron chi connectivity index (χ2n) is 5.64. The van der Waals surface area contributed by atoms with Crippen LogP contribution in [0.1, 0.15) is 35.9 Å². The molecular weight excluding hydrogens is 328 g/mol. The van der Waals surface area contributed by atoms with Crippen LogP contribution in [-0.2, 0) is 17.6 Å². The van der Waals surface area contributed by atoms with Crippen LogP contribution in [-0.4, -0.2) is 10.9 Å². The first-order chi connectivity index (χ1) is 11.3. The maximum Gasteiger partial charge on any atom is 0.226 e. The van der Waals surface area contributed by atoms with Gasteiger partial charge in [-0.1, -0.05) is 0 Å². The molecule has 3 aromatic rings. The van der Waals surface area contributed by atoms with E-state index < -0.39 is 0 Å². The molecule has 3 heterocycles. The van der Waals surface area contributed by atoms with E-state index >= 15 is 0 Å². The molecule has 1 atom stereocenters. The molecule has 1 amide bonds. The van der Waals surface area contributed by atoms with E-state index in [1.54, 1.807) is 28.9 Å². The van der Waals surface area contributed by atoms with Crippen LogP contribution in [0.25, 0.3) is 10.6 Å². The maximum absolute atomic E-state index is 12.3. The lowest BCUT2D eigenvalue weighted by Gasteiger charge is -2.22. The number of aromatic nitrogens is 1. The average Bonchev–Trinajstić information content (AvgIpc) is 3.28. The van der Waals surface area contributed by atoms with Gasteiger partial charge in [-0.15, -0.1) is 11.3 Å². The average molecular weight is 344 g/mol. The topological polar surface area (TPSA) is 55.1 Å². The number of hydrogen-bond acceptors (Lipinski definition) is 5. The predicted molar refractivity (Wildman–Crippen MR) is 91.7 cm³/mol. The van der Waals surface area contributed by atoms with Gasteiger partial charge >= 0.3 is 0 Å². The lowest BCUT2D eigenvalue weighted by molar-refractivity contribution is -0.121. The van der Waals surface area contributed by atoms with Crippen LogP contribution in [0.15, 0.2) is 39.0 Å². The van der Waals surface area contributed by atoms with Crippen molar-refractivity contribution in [1.29, 1.82) is 0 Å². The fraction of sp³-hybridized carbons (Fsp3) is 0.294. The Labute approximate surface area is 142 Å². The highest BCUT2D eigenvalue weighted by molar-refractivity contribution is 7.14. The summed E-state index contributed by atoms with van der Waals surface area (Å²) >= 11 is 3.24. The van der Waals surface area contributed by atoms with E-state index in [1.807, 2.05) is 16.8 Å². The number of hydrogen-bond donors (Lipinski definition) is 1. The molecule has 1 aliphatic rings. The summed E-state index contributed by atoms with van der Waals surface area (Å²) in [5, 5.41) is 10.2. The number of rotatable bonds is 4. The van der Waals surface area contributed by atoms with Gasteiger partial charge in [-0.25, -0.2) is 4.98 Å². The zero-order valence-electron chi connectivity index (χ0n) is 12.5. The third-order valence-corrected chi connectivity index (χ3v) is 5.67. The summed E-state index contributed by atoms with van der Waals surface area (Å²) in [6.45, 7) is 0. The molecule has 0 spiro atoms. The van der Waals surface area contributed by atoms with Crippen LogP contribution in [0.5, 0.6) is 0 Å². The number of fused-ring (bicyclic) bond motifs is 1. The molecule has 23 heavy (non-hydrogen) atoms. The fourth-order valence-electron chi connectivity index (χ4n) is 2.95. The number of aryl methyl sites for hydroxylation is 1. The van der Waals surface area contributed by atoms with E-state index in [9.17, 15) is 4.79 Å². The van der Waals surface area contributed by atoms with Gasteiger partial charge in [-0.2, -0.15) is 11.3 Å². The van der Waals surface area contributed by atoms with Crippen molar-refractivity contribution >= 4 is 28.6 Å². The van der Waals surface area contributed by atoms with Gasteiger partial charge in [0.15, 0.2) is 0 Å². The molecule has 1 N–H and O–H groups in total. The number of carbonyl (C=O) groups excluding carboxylic acids is 1. The summed E-state index contributed by atoms with van der Waals surface area (Å²) in [6.07, 6.45) is 5.01. The largest absolute Gasteiger partial charge is 0.469 e. The number of thiophene rings is 1. The minimum atomic E-state index is 0.0196. The number of carbonyl (C=O) groups is 1. The third-order valence-electron chi connectivity index (χ3n) is 4.05. The highest BCUT2D eigenvalue weighted by atomic mass is 32.1. The molecular formula is C17H16N2O2S2. The summed E-state index contributed by atoms with van der Waals surface area (Å²) in [6, 6.07) is 4.09. The molecule has 0 saturated heterocycles. The van der Waals surface area contributed by atoms with Gasteiger partial charge in [0.05, 0.1) is 24.4 Å². The zero-order valence-corrected chi connectivity index (χ0v) is 14.1. The van der Waals surface area contributed by atoms with Crippen LogP contribution in [0.3, 0.4) is 0 Å². The van der Waals surface area contributed by atoms with Crippen LogP contribution in [0.4, 0.5) is 0 Å². The molecule has 0 aliphatic heterocycles. The molecule has 4 nitrogen and oxygen atoms in total. The van der Waals surface area contributed by atoms with E-state index in [0.717, 1.165) is 46.9 Å². The van der Waals surface area contributed by atoms with Crippen molar-refractivity contribution in [2.45, 2.75) is 31.7 Å². The standard InChI is InChI=1S/C17H16N2O2S2/c20-16(19-14-2-1-3-15-13(14)4-6-21-15)8-12-10-23-17(18-12)11-5-7-22-9-11/h4-7,9-10,14H,1-3,8H2,(H,19,20). The number of nitrogens with one attached hydrogen (secondary N) is 1. The lowest BCUT2D eigenvalue weighted by Crippen LogP contribution is -2.31. The van der Waals surface area contributed by atoms with Gasteiger partial charge in [0.2, 0.25) is 5.91 Å². The van der Waals surface area contributed by atoms with E-state index in [2.05, 4.69) is 21.7 Å². The summed E-state index contributed by atoms with van der Waals surface area (Å²) in [4.78, 5) is 16.9. The highest BCUT2D eigenvalue weighted by Gasteiger charge is 2.24. The SMILES string of the molecule is O=C(Cc1csc(-c2ccsc2)n1)NC1CCCc2occc21. The van der Waals surface area contributed by atoms with Gasteiger partial charge < -0.3 is 9.73 Å². The van der Waals surface area contributed by atoms with Crippen molar-refractivity contribution < 1.29 is 9.21 Å². The molecule has 118 valence electrons. The van der Waals surface area contributed by atoms with Gasteiger partial charge in [0.1, 0.15) is 10.8 Å². The Kier molecular flexibility index (Phi) is 4.01. The summed E-state index contributed by atoms with van der Waals surface area (Å²) in [5.41, 5.74) is 3.08. The lowest BCUT2D eigenvalue weighted by atomic mass is 9.93. The van der Waals surface area contributed by atoms with Crippen molar-refractivity contribution in [1.82, 2.24) is 10.3 Å². The molecule has 3 aromatic heterocycles. The highest BCUT2D eigenvalue weighted by Crippen LogP contribution is 2.30. The van der Waals surface area contributed by atoms with Crippen molar-refractivity contribution in [2.75, 3.05) is 0 Å². The summed E-state index contributed by atoms with van der Waals surface area (Å²) in [7, 11) is 0. The quantitative estimate of drug-likeness (QED) is 0.772.